The van der Waals surface area contributed by atoms with E-state index in [0.717, 1.165) is 55.5 Å². The maximum atomic E-state index is 12.7. The van der Waals surface area contributed by atoms with Gasteiger partial charge < -0.3 is 20.3 Å². The maximum absolute atomic E-state index is 12.7. The summed E-state index contributed by atoms with van der Waals surface area (Å²) in [6.45, 7) is 2.46. The molecule has 28 heavy (non-hydrogen) atoms. The smallest absolute Gasteiger partial charge is 0.273 e. The number of thiazole rings is 1. The zero-order chi connectivity index (χ0) is 19.1. The first kappa shape index (κ1) is 18.1. The normalized spacial score (nSPS) is 23.3. The molecule has 4 heterocycles. The number of amides is 2. The molecule has 1 saturated carbocycles. The predicted molar refractivity (Wildman–Crippen MR) is 108 cm³/mol. The summed E-state index contributed by atoms with van der Waals surface area (Å²) >= 11 is 2.87. The molecule has 0 unspecified atom stereocenters. The second-order valence-corrected chi connectivity index (χ2v) is 9.85. The fourth-order valence-electron chi connectivity index (χ4n) is 4.36. The van der Waals surface area contributed by atoms with E-state index < -0.39 is 0 Å². The molecule has 1 atom stereocenters. The Bertz CT molecular complexity index is 862. The zero-order valence-corrected chi connectivity index (χ0v) is 17.0. The average Bonchev–Trinajstić information content (AvgIpc) is 3.37. The van der Waals surface area contributed by atoms with E-state index in [1.807, 2.05) is 22.4 Å². The Morgan fingerprint density at radius 2 is 2.18 bits per heavy atom. The summed E-state index contributed by atoms with van der Waals surface area (Å²) in [5.74, 6) is 0.0430. The van der Waals surface area contributed by atoms with E-state index in [1.54, 1.807) is 6.20 Å². The van der Waals surface area contributed by atoms with Crippen molar-refractivity contribution in [3.8, 4) is 5.19 Å². The lowest BCUT2D eigenvalue weighted by atomic mass is 9.61. The van der Waals surface area contributed by atoms with Gasteiger partial charge in [0.2, 0.25) is 5.91 Å². The lowest BCUT2D eigenvalue weighted by molar-refractivity contribution is -0.117. The second kappa shape index (κ2) is 7.13. The molecule has 0 bridgehead atoms. The number of likely N-dealkylation sites (tertiary alicyclic amines) is 1. The Labute approximate surface area is 171 Å². The van der Waals surface area contributed by atoms with E-state index in [0.29, 0.717) is 4.88 Å². The summed E-state index contributed by atoms with van der Waals surface area (Å²) in [5, 5.41) is 9.49. The summed E-state index contributed by atoms with van der Waals surface area (Å²) in [4.78, 5) is 31.7. The molecule has 2 aliphatic heterocycles. The monoisotopic (exact) mass is 418 g/mol. The van der Waals surface area contributed by atoms with Crippen LogP contribution in [0.2, 0.25) is 0 Å². The first-order valence-corrected chi connectivity index (χ1v) is 11.3. The van der Waals surface area contributed by atoms with Crippen LogP contribution in [0, 0.1) is 5.41 Å². The number of ether oxygens (including phenoxy) is 1. The zero-order valence-electron chi connectivity index (χ0n) is 15.3. The molecule has 0 aromatic carbocycles. The summed E-state index contributed by atoms with van der Waals surface area (Å²) in [5.41, 5.74) is 0.222. The van der Waals surface area contributed by atoms with Gasteiger partial charge in [0.15, 0.2) is 0 Å². The average molecular weight is 419 g/mol. The van der Waals surface area contributed by atoms with Gasteiger partial charge in [-0.15, -0.1) is 11.3 Å². The fraction of sp³-hybridized carbons (Fsp3) is 0.526. The van der Waals surface area contributed by atoms with Crippen molar-refractivity contribution < 1.29 is 14.3 Å². The van der Waals surface area contributed by atoms with E-state index in [4.69, 9.17) is 4.74 Å². The van der Waals surface area contributed by atoms with Crippen molar-refractivity contribution in [2.24, 2.45) is 5.41 Å². The molecule has 1 spiro atoms. The Morgan fingerprint density at radius 1 is 1.32 bits per heavy atom. The van der Waals surface area contributed by atoms with E-state index in [9.17, 15) is 9.59 Å². The second-order valence-electron chi connectivity index (χ2n) is 7.91. The van der Waals surface area contributed by atoms with E-state index in [2.05, 4.69) is 15.6 Å². The molecular formula is C19H22N4O3S2. The number of hydrogen-bond donors (Lipinski definition) is 2. The molecule has 2 N–H and O–H groups in total. The van der Waals surface area contributed by atoms with Crippen LogP contribution in [0.15, 0.2) is 23.7 Å². The number of rotatable bonds is 5. The van der Waals surface area contributed by atoms with Gasteiger partial charge >= 0.3 is 0 Å². The van der Waals surface area contributed by atoms with Crippen molar-refractivity contribution >= 4 is 39.5 Å². The van der Waals surface area contributed by atoms with Crippen LogP contribution in [0.1, 0.15) is 35.4 Å². The first-order chi connectivity index (χ1) is 13.6. The van der Waals surface area contributed by atoms with E-state index in [1.165, 1.54) is 22.7 Å². The van der Waals surface area contributed by atoms with Gasteiger partial charge in [0.05, 0.1) is 15.9 Å². The van der Waals surface area contributed by atoms with Gasteiger partial charge in [-0.25, -0.2) is 4.98 Å². The topological polar surface area (TPSA) is 83.6 Å². The molecule has 2 aromatic heterocycles. The predicted octanol–water partition coefficient (Wildman–Crippen LogP) is 2.58. The molecular weight excluding hydrogens is 396 g/mol. The van der Waals surface area contributed by atoms with Crippen molar-refractivity contribution in [1.82, 2.24) is 15.2 Å². The Kier molecular flexibility index (Phi) is 4.60. The first-order valence-electron chi connectivity index (χ1n) is 9.60. The molecule has 1 aliphatic carbocycles. The summed E-state index contributed by atoms with van der Waals surface area (Å²) < 4.78 is 5.84. The fourth-order valence-corrected chi connectivity index (χ4v) is 5.79. The van der Waals surface area contributed by atoms with Crippen LogP contribution >= 0.6 is 22.7 Å². The number of thiophene rings is 1. The molecule has 5 rings (SSSR count). The molecule has 2 saturated heterocycles. The largest absolute Gasteiger partial charge is 0.467 e. The van der Waals surface area contributed by atoms with Crippen LogP contribution in [0.25, 0.3) is 0 Å². The summed E-state index contributed by atoms with van der Waals surface area (Å²) in [6.07, 6.45) is 5.83. The van der Waals surface area contributed by atoms with Gasteiger partial charge in [0.25, 0.3) is 11.1 Å². The third-order valence-electron chi connectivity index (χ3n) is 5.78. The number of carbonyl (C=O) groups is 2. The van der Waals surface area contributed by atoms with Crippen molar-refractivity contribution in [1.29, 1.82) is 0 Å². The number of anilines is 1. The van der Waals surface area contributed by atoms with Gasteiger partial charge in [-0.1, -0.05) is 11.3 Å². The summed E-state index contributed by atoms with van der Waals surface area (Å²) in [6, 6.07) is 3.52. The minimum absolute atomic E-state index is 0.0120. The molecule has 7 nitrogen and oxygen atoms in total. The maximum Gasteiger partial charge on any atom is 0.273 e. The Morgan fingerprint density at radius 3 is 2.89 bits per heavy atom. The number of hydrogen-bond acceptors (Lipinski definition) is 7. The van der Waals surface area contributed by atoms with Crippen molar-refractivity contribution in [2.45, 2.75) is 37.8 Å². The number of nitrogens with one attached hydrogen (secondary N) is 2. The summed E-state index contributed by atoms with van der Waals surface area (Å²) in [7, 11) is 0. The molecule has 0 radical (unpaired) electrons. The number of aromatic nitrogens is 1. The van der Waals surface area contributed by atoms with Gasteiger partial charge in [0, 0.05) is 30.1 Å². The van der Waals surface area contributed by atoms with Crippen LogP contribution in [0.4, 0.5) is 5.00 Å². The van der Waals surface area contributed by atoms with Gasteiger partial charge in [0.1, 0.15) is 6.10 Å². The minimum Gasteiger partial charge on any atom is -0.467 e. The molecule has 3 aliphatic rings. The van der Waals surface area contributed by atoms with E-state index >= 15 is 0 Å². The van der Waals surface area contributed by atoms with Crippen LogP contribution in [-0.2, 0) is 4.79 Å². The molecule has 2 aromatic rings. The van der Waals surface area contributed by atoms with Crippen molar-refractivity contribution in [3.63, 3.8) is 0 Å². The quantitative estimate of drug-likeness (QED) is 0.780. The molecule has 9 heteroatoms. The van der Waals surface area contributed by atoms with Gasteiger partial charge in [-0.05, 0) is 44.4 Å². The highest BCUT2D eigenvalue weighted by Gasteiger charge is 2.55. The standard InChI is InChI=1S/C19H22N4O3S2/c24-16(13-2-1-5-20-13)22-15-4-3-14(28-15)17(25)23-10-19(11-23)8-12(9-19)26-18-21-6-7-27-18/h3-4,6-7,12-13,20H,1-2,5,8-11H2,(H,22,24)/t13-/m0/s1. The third-order valence-corrected chi connectivity index (χ3v) is 7.43. The van der Waals surface area contributed by atoms with Crippen molar-refractivity contribution in [2.75, 3.05) is 25.0 Å². The molecule has 2 amide bonds. The molecule has 148 valence electrons. The highest BCUT2D eigenvalue weighted by atomic mass is 32.1. The lowest BCUT2D eigenvalue weighted by Gasteiger charge is -2.58. The van der Waals surface area contributed by atoms with Gasteiger partial charge in [-0.3, -0.25) is 9.59 Å². The van der Waals surface area contributed by atoms with Crippen LogP contribution in [-0.4, -0.2) is 53.5 Å². The third kappa shape index (κ3) is 3.42. The van der Waals surface area contributed by atoms with Crippen molar-refractivity contribution in [3.05, 3.63) is 28.6 Å². The Balaban J connectivity index is 1.10. The SMILES string of the molecule is O=C(Nc1ccc(C(=O)N2CC3(CC(Oc4nccs4)C3)C2)s1)[C@@H]1CCCN1. The van der Waals surface area contributed by atoms with Crippen LogP contribution in [0.3, 0.4) is 0 Å². The molecule has 3 fully saturated rings. The highest BCUT2D eigenvalue weighted by Crippen LogP contribution is 2.50. The minimum atomic E-state index is -0.116. The number of nitrogens with zero attached hydrogens (tertiary/aromatic N) is 2. The highest BCUT2D eigenvalue weighted by molar-refractivity contribution is 7.18. The lowest BCUT2D eigenvalue weighted by Crippen LogP contribution is -2.65. The van der Waals surface area contributed by atoms with Gasteiger partial charge in [-0.2, -0.15) is 0 Å². The van der Waals surface area contributed by atoms with Crippen LogP contribution in [0.5, 0.6) is 5.19 Å². The van der Waals surface area contributed by atoms with E-state index in [-0.39, 0.29) is 29.4 Å². The number of carbonyl (C=O) groups excluding carboxylic acids is 2. The van der Waals surface area contributed by atoms with Crippen LogP contribution < -0.4 is 15.4 Å². The Hall–Kier alpha value is -1.97.